The summed E-state index contributed by atoms with van der Waals surface area (Å²) < 4.78 is 52.8. The maximum Gasteiger partial charge on any atom is 0.416 e. The quantitative estimate of drug-likeness (QED) is 0.626. The topological polar surface area (TPSA) is 51.0 Å². The van der Waals surface area contributed by atoms with Gasteiger partial charge in [-0.2, -0.15) is 13.2 Å². The van der Waals surface area contributed by atoms with Gasteiger partial charge >= 0.3 is 6.18 Å². The van der Waals surface area contributed by atoms with Gasteiger partial charge in [0.15, 0.2) is 5.82 Å². The summed E-state index contributed by atoms with van der Waals surface area (Å²) in [4.78, 5) is 17.3. The van der Waals surface area contributed by atoms with Crippen molar-refractivity contribution in [2.75, 3.05) is 13.1 Å². The van der Waals surface area contributed by atoms with Crippen LogP contribution in [-0.4, -0.2) is 38.7 Å². The molecule has 1 aromatic carbocycles. The summed E-state index contributed by atoms with van der Waals surface area (Å²) in [7, 11) is 0. The van der Waals surface area contributed by atoms with Crippen molar-refractivity contribution in [3.8, 4) is 11.4 Å². The highest BCUT2D eigenvalue weighted by atomic mass is 19.4. The number of hydrogen-bond donors (Lipinski definition) is 0. The fraction of sp³-hybridized carbons (Fsp3) is 0.312. The molecule has 0 unspecified atom stereocenters. The minimum Gasteiger partial charge on any atom is -0.339 e. The second-order valence-electron chi connectivity index (χ2n) is 5.59. The zero-order valence-electron chi connectivity index (χ0n) is 13.0. The van der Waals surface area contributed by atoms with E-state index in [-0.39, 0.29) is 22.9 Å². The molecular weight excluding hydrogens is 340 g/mol. The van der Waals surface area contributed by atoms with E-state index in [9.17, 15) is 22.4 Å². The smallest absolute Gasteiger partial charge is 0.339 e. The van der Waals surface area contributed by atoms with Crippen molar-refractivity contribution < 1.29 is 22.4 Å². The van der Waals surface area contributed by atoms with Gasteiger partial charge in [-0.3, -0.25) is 4.79 Å². The Bertz CT molecular complexity index is 809. The van der Waals surface area contributed by atoms with Crippen LogP contribution in [0.2, 0.25) is 0 Å². The molecule has 132 valence electrons. The average molecular weight is 354 g/mol. The highest BCUT2D eigenvalue weighted by molar-refractivity contribution is 5.90. The lowest BCUT2D eigenvalue weighted by atomic mass is 10.1. The first-order valence-electron chi connectivity index (χ1n) is 7.52. The Hall–Kier alpha value is -2.71. The Balaban J connectivity index is 1.84. The molecule has 5 nitrogen and oxygen atoms in total. The van der Waals surface area contributed by atoms with Crippen molar-refractivity contribution in [3.05, 3.63) is 41.7 Å². The van der Waals surface area contributed by atoms with Crippen LogP contribution in [0.1, 0.15) is 17.5 Å². The van der Waals surface area contributed by atoms with Crippen molar-refractivity contribution in [2.24, 2.45) is 0 Å². The average Bonchev–Trinajstić information content (AvgIpc) is 2.99. The molecule has 1 aliphatic rings. The van der Waals surface area contributed by atoms with E-state index in [1.54, 1.807) is 4.90 Å². The van der Waals surface area contributed by atoms with E-state index in [0.29, 0.717) is 13.1 Å². The molecule has 0 atom stereocenters. The molecule has 2 heterocycles. The van der Waals surface area contributed by atoms with Crippen LogP contribution in [-0.2, 0) is 17.6 Å². The largest absolute Gasteiger partial charge is 0.416 e. The monoisotopic (exact) mass is 354 g/mol. The predicted octanol–water partition coefficient (Wildman–Crippen LogP) is 3.14. The number of carbonyl (C=O) groups excluding carboxylic acids is 1. The fourth-order valence-corrected chi connectivity index (χ4v) is 2.32. The minimum atomic E-state index is -4.59. The highest BCUT2D eigenvalue weighted by Crippen LogP contribution is 2.32. The van der Waals surface area contributed by atoms with Crippen molar-refractivity contribution in [1.82, 2.24) is 19.7 Å². The van der Waals surface area contributed by atoms with Gasteiger partial charge in [0, 0.05) is 30.9 Å². The molecule has 0 bridgehead atoms. The Morgan fingerprint density at radius 2 is 2.00 bits per heavy atom. The summed E-state index contributed by atoms with van der Waals surface area (Å²) in [5.41, 5.74) is -1.01. The molecule has 1 amide bonds. The lowest BCUT2D eigenvalue weighted by Gasteiger charge is -2.29. The van der Waals surface area contributed by atoms with E-state index in [1.165, 1.54) is 29.4 Å². The van der Waals surface area contributed by atoms with Crippen LogP contribution in [0, 0.1) is 0 Å². The van der Waals surface area contributed by atoms with Crippen molar-refractivity contribution >= 4 is 12.1 Å². The standard InChI is InChI=1S/C16H14F4N4O/c17-9-11-6-12(8-13(7-11)16(18,19)20)15-21-10-24(22-15)5-2-14(25)23-3-1-4-23/h2,5-8,10H,1,3-4,9H2/b5-2-. The first kappa shape index (κ1) is 17.1. The molecule has 1 fully saturated rings. The molecule has 1 aliphatic heterocycles. The number of nitrogens with zero attached hydrogens (tertiary/aromatic N) is 4. The zero-order chi connectivity index (χ0) is 18.0. The third-order valence-corrected chi connectivity index (χ3v) is 3.78. The second-order valence-corrected chi connectivity index (χ2v) is 5.59. The van der Waals surface area contributed by atoms with Crippen molar-refractivity contribution in [2.45, 2.75) is 19.3 Å². The molecule has 0 aliphatic carbocycles. The van der Waals surface area contributed by atoms with Crippen LogP contribution in [0.15, 0.2) is 30.6 Å². The van der Waals surface area contributed by atoms with Crippen LogP contribution in [0.5, 0.6) is 0 Å². The highest BCUT2D eigenvalue weighted by Gasteiger charge is 2.31. The van der Waals surface area contributed by atoms with E-state index in [0.717, 1.165) is 18.6 Å². The van der Waals surface area contributed by atoms with Gasteiger partial charge in [-0.05, 0) is 30.2 Å². The van der Waals surface area contributed by atoms with Gasteiger partial charge in [-0.15, -0.1) is 5.10 Å². The van der Waals surface area contributed by atoms with Gasteiger partial charge in [0.25, 0.3) is 0 Å². The van der Waals surface area contributed by atoms with Gasteiger partial charge in [-0.1, -0.05) is 0 Å². The van der Waals surface area contributed by atoms with Crippen LogP contribution >= 0.6 is 0 Å². The summed E-state index contributed by atoms with van der Waals surface area (Å²) in [5, 5.41) is 4.01. The molecule has 0 spiro atoms. The van der Waals surface area contributed by atoms with Gasteiger partial charge in [0.2, 0.25) is 5.91 Å². The summed E-state index contributed by atoms with van der Waals surface area (Å²) in [6, 6.07) is 2.89. The first-order chi connectivity index (χ1) is 11.9. The van der Waals surface area contributed by atoms with Crippen LogP contribution in [0.4, 0.5) is 17.6 Å². The predicted molar refractivity (Wildman–Crippen MR) is 81.8 cm³/mol. The van der Waals surface area contributed by atoms with E-state index >= 15 is 0 Å². The molecule has 0 radical (unpaired) electrons. The maximum absolute atomic E-state index is 12.9. The number of rotatable bonds is 4. The molecular formula is C16H14F4N4O. The molecule has 1 saturated heterocycles. The van der Waals surface area contributed by atoms with Crippen molar-refractivity contribution in [3.63, 3.8) is 0 Å². The number of likely N-dealkylation sites (tertiary alicyclic amines) is 1. The molecule has 1 aromatic heterocycles. The van der Waals surface area contributed by atoms with E-state index in [1.807, 2.05) is 0 Å². The van der Waals surface area contributed by atoms with Crippen LogP contribution in [0.25, 0.3) is 17.6 Å². The lowest BCUT2D eigenvalue weighted by molar-refractivity contribution is -0.137. The number of hydrogen-bond acceptors (Lipinski definition) is 3. The third-order valence-electron chi connectivity index (χ3n) is 3.78. The number of amides is 1. The van der Waals surface area contributed by atoms with Gasteiger partial charge < -0.3 is 4.90 Å². The number of alkyl halides is 4. The second kappa shape index (κ2) is 6.66. The van der Waals surface area contributed by atoms with E-state index in [4.69, 9.17) is 0 Å². The summed E-state index contributed by atoms with van der Waals surface area (Å²) in [6.07, 6.45) is 0.341. The SMILES string of the molecule is O=C(/C=C\n1cnc(-c2cc(CF)cc(C(F)(F)F)c2)n1)N1CCC1. The van der Waals surface area contributed by atoms with Crippen LogP contribution < -0.4 is 0 Å². The Morgan fingerprint density at radius 1 is 1.24 bits per heavy atom. The molecule has 2 aromatic rings. The third kappa shape index (κ3) is 3.86. The number of benzene rings is 1. The summed E-state index contributed by atoms with van der Waals surface area (Å²) >= 11 is 0. The minimum absolute atomic E-state index is 0.0156. The molecule has 9 heteroatoms. The zero-order valence-corrected chi connectivity index (χ0v) is 13.0. The van der Waals surface area contributed by atoms with Gasteiger partial charge in [0.1, 0.15) is 13.0 Å². The van der Waals surface area contributed by atoms with Gasteiger partial charge in [-0.25, -0.2) is 14.1 Å². The normalized spacial score (nSPS) is 14.8. The number of carbonyl (C=O) groups is 1. The van der Waals surface area contributed by atoms with Crippen LogP contribution in [0.3, 0.4) is 0 Å². The fourth-order valence-electron chi connectivity index (χ4n) is 2.32. The van der Waals surface area contributed by atoms with Gasteiger partial charge in [0.05, 0.1) is 5.56 Å². The molecule has 0 N–H and O–H groups in total. The number of halogens is 4. The summed E-state index contributed by atoms with van der Waals surface area (Å²) in [6.45, 7) is 0.395. The Labute approximate surface area is 140 Å². The van der Waals surface area contributed by atoms with E-state index < -0.39 is 18.4 Å². The Kier molecular flexibility index (Phi) is 4.56. The molecule has 0 saturated carbocycles. The number of aromatic nitrogens is 3. The first-order valence-corrected chi connectivity index (χ1v) is 7.52. The summed E-state index contributed by atoms with van der Waals surface area (Å²) in [5.74, 6) is -0.149. The maximum atomic E-state index is 12.9. The molecule has 25 heavy (non-hydrogen) atoms. The molecule has 3 rings (SSSR count). The Morgan fingerprint density at radius 3 is 2.60 bits per heavy atom. The lowest BCUT2D eigenvalue weighted by Crippen LogP contribution is -2.41. The van der Waals surface area contributed by atoms with Crippen molar-refractivity contribution in [1.29, 1.82) is 0 Å². The van der Waals surface area contributed by atoms with E-state index in [2.05, 4.69) is 10.1 Å².